The number of rotatable bonds is 18. The van der Waals surface area contributed by atoms with E-state index in [1.54, 1.807) is 31.4 Å². The third-order valence-corrected chi connectivity index (χ3v) is 6.43. The lowest BCUT2D eigenvalue weighted by Crippen LogP contribution is -2.27. The van der Waals surface area contributed by atoms with Crippen molar-refractivity contribution in [2.45, 2.75) is 13.1 Å². The summed E-state index contributed by atoms with van der Waals surface area (Å²) in [6, 6.07) is 22.3. The number of nitrogens with one attached hydrogen (secondary N) is 4. The van der Waals surface area contributed by atoms with Gasteiger partial charge in [0.2, 0.25) is 17.8 Å². The molecule has 0 aliphatic heterocycles. The molecule has 1 aromatic heterocycles. The van der Waals surface area contributed by atoms with Crippen molar-refractivity contribution in [3.05, 3.63) is 94.5 Å². The second-order valence-electron chi connectivity index (χ2n) is 9.46. The Morgan fingerprint density at radius 1 is 0.750 bits per heavy atom. The van der Waals surface area contributed by atoms with Crippen LogP contribution in [0.1, 0.15) is 21.5 Å². The van der Waals surface area contributed by atoms with Gasteiger partial charge >= 0.3 is 0 Å². The van der Waals surface area contributed by atoms with Crippen molar-refractivity contribution in [2.75, 3.05) is 62.6 Å². The minimum atomic E-state index is -0.196. The van der Waals surface area contributed by atoms with Gasteiger partial charge in [0, 0.05) is 42.5 Å². The van der Waals surface area contributed by atoms with E-state index in [-0.39, 0.29) is 5.91 Å². The quantitative estimate of drug-likeness (QED) is 0.101. The fraction of sp³-hybridized carbons (Fsp3) is 0.290. The molecule has 0 atom stereocenters. The molecule has 12 nitrogen and oxygen atoms in total. The van der Waals surface area contributed by atoms with Crippen LogP contribution in [0, 0.1) is 0 Å². The molecule has 13 heteroatoms. The van der Waals surface area contributed by atoms with E-state index in [1.807, 2.05) is 48.5 Å². The predicted molar refractivity (Wildman–Crippen MR) is 172 cm³/mol. The number of hydrogen-bond donors (Lipinski definition) is 5. The summed E-state index contributed by atoms with van der Waals surface area (Å²) in [4.78, 5) is 26.2. The largest absolute Gasteiger partial charge is 0.497 e. The third kappa shape index (κ3) is 11.0. The van der Waals surface area contributed by atoms with Crippen molar-refractivity contribution in [1.29, 1.82) is 0 Å². The second kappa shape index (κ2) is 17.6. The molecule has 0 aliphatic rings. The third-order valence-electron chi connectivity index (χ3n) is 6.18. The van der Waals surface area contributed by atoms with Crippen molar-refractivity contribution < 1.29 is 19.0 Å². The number of ether oxygens (including phenoxy) is 3. The summed E-state index contributed by atoms with van der Waals surface area (Å²) in [5.74, 6) is 1.70. The van der Waals surface area contributed by atoms with E-state index in [0.717, 1.165) is 16.9 Å². The molecule has 0 saturated heterocycles. The van der Waals surface area contributed by atoms with Gasteiger partial charge in [0.25, 0.3) is 5.91 Å². The van der Waals surface area contributed by atoms with Crippen molar-refractivity contribution in [2.24, 2.45) is 5.73 Å². The highest BCUT2D eigenvalue weighted by Gasteiger charge is 2.10. The number of anilines is 4. The highest BCUT2D eigenvalue weighted by molar-refractivity contribution is 6.30. The lowest BCUT2D eigenvalue weighted by Gasteiger charge is -2.12. The molecule has 0 unspecified atom stereocenters. The highest BCUT2D eigenvalue weighted by Crippen LogP contribution is 2.19. The molecule has 1 amide bonds. The molecule has 0 aliphatic carbocycles. The molecule has 0 spiro atoms. The number of nitrogens with two attached hydrogens (primary N) is 1. The maximum absolute atomic E-state index is 12.5. The van der Waals surface area contributed by atoms with Gasteiger partial charge in [-0.1, -0.05) is 35.9 Å². The molecule has 232 valence electrons. The fourth-order valence-electron chi connectivity index (χ4n) is 3.88. The number of halogens is 1. The first-order valence-electron chi connectivity index (χ1n) is 14.1. The van der Waals surface area contributed by atoms with Crippen LogP contribution in [0.25, 0.3) is 0 Å². The standard InChI is InChI=1S/C31H37ClN8O4/c1-42-27-12-4-23(5-13-27)21-36-30-38-29(35-20-22-2-8-25(32)9-3-22)39-31(40-30)37-26-10-6-24(7-11-26)28(41)34-15-17-44-19-18-43-16-14-33/h2-13H,14-21,33H2,1H3,(H,34,41)(H3,35,36,37,38,39,40). The van der Waals surface area contributed by atoms with E-state index in [0.29, 0.717) is 86.7 Å². The first-order valence-corrected chi connectivity index (χ1v) is 14.5. The number of methoxy groups -OCH3 is 1. The van der Waals surface area contributed by atoms with E-state index in [4.69, 9.17) is 31.5 Å². The van der Waals surface area contributed by atoms with E-state index in [2.05, 4.69) is 36.2 Å². The zero-order valence-corrected chi connectivity index (χ0v) is 25.3. The van der Waals surface area contributed by atoms with Crippen LogP contribution < -0.4 is 31.7 Å². The number of amides is 1. The number of hydrogen-bond acceptors (Lipinski definition) is 11. The van der Waals surface area contributed by atoms with Gasteiger partial charge in [0.15, 0.2) is 0 Å². The number of nitrogens with zero attached hydrogens (tertiary/aromatic N) is 3. The SMILES string of the molecule is COc1ccc(CNc2nc(NCc3ccc(Cl)cc3)nc(Nc3ccc(C(=O)NCCOCCOCCN)cc3)n2)cc1. The van der Waals surface area contributed by atoms with Crippen LogP contribution in [0.5, 0.6) is 5.75 Å². The van der Waals surface area contributed by atoms with Crippen LogP contribution in [0.4, 0.5) is 23.5 Å². The van der Waals surface area contributed by atoms with Crippen LogP contribution in [0.3, 0.4) is 0 Å². The van der Waals surface area contributed by atoms with Gasteiger partial charge in [-0.2, -0.15) is 15.0 Å². The topological polar surface area (TPSA) is 158 Å². The van der Waals surface area contributed by atoms with Gasteiger partial charge in [-0.3, -0.25) is 4.79 Å². The van der Waals surface area contributed by atoms with Crippen LogP contribution >= 0.6 is 11.6 Å². The van der Waals surface area contributed by atoms with Crippen LogP contribution in [-0.4, -0.2) is 67.5 Å². The van der Waals surface area contributed by atoms with Crippen LogP contribution in [-0.2, 0) is 22.6 Å². The van der Waals surface area contributed by atoms with Gasteiger partial charge in [-0.05, 0) is 59.7 Å². The van der Waals surface area contributed by atoms with Crippen molar-refractivity contribution >= 4 is 41.0 Å². The van der Waals surface area contributed by atoms with Gasteiger partial charge in [0.05, 0.1) is 33.5 Å². The maximum Gasteiger partial charge on any atom is 0.251 e. The Hall–Kier alpha value is -4.49. The first-order chi connectivity index (χ1) is 21.5. The molecule has 3 aromatic carbocycles. The zero-order valence-electron chi connectivity index (χ0n) is 24.5. The van der Waals surface area contributed by atoms with Gasteiger partial charge < -0.3 is 41.2 Å². The minimum Gasteiger partial charge on any atom is -0.497 e. The molecule has 0 saturated carbocycles. The molecule has 1 heterocycles. The Labute approximate surface area is 261 Å². The smallest absolute Gasteiger partial charge is 0.251 e. The summed E-state index contributed by atoms with van der Waals surface area (Å²) in [5, 5.41) is 13.2. The number of carbonyl (C=O) groups is 1. The summed E-state index contributed by atoms with van der Waals surface area (Å²) in [5.41, 5.74) is 8.65. The zero-order chi connectivity index (χ0) is 31.0. The summed E-state index contributed by atoms with van der Waals surface area (Å²) < 4.78 is 15.9. The summed E-state index contributed by atoms with van der Waals surface area (Å²) in [7, 11) is 1.63. The second-order valence-corrected chi connectivity index (χ2v) is 9.90. The lowest BCUT2D eigenvalue weighted by atomic mass is 10.2. The van der Waals surface area contributed by atoms with E-state index in [1.165, 1.54) is 0 Å². The summed E-state index contributed by atoms with van der Waals surface area (Å²) >= 11 is 6.02. The molecule has 0 radical (unpaired) electrons. The Bertz CT molecular complexity index is 1440. The van der Waals surface area contributed by atoms with E-state index < -0.39 is 0 Å². The number of aromatic nitrogens is 3. The van der Waals surface area contributed by atoms with Crippen LogP contribution in [0.2, 0.25) is 5.02 Å². The van der Waals surface area contributed by atoms with E-state index >= 15 is 0 Å². The number of benzene rings is 3. The Morgan fingerprint density at radius 3 is 1.91 bits per heavy atom. The normalized spacial score (nSPS) is 10.7. The van der Waals surface area contributed by atoms with Crippen molar-refractivity contribution in [3.8, 4) is 5.75 Å². The van der Waals surface area contributed by atoms with Gasteiger partial charge in [-0.15, -0.1) is 0 Å². The fourth-order valence-corrected chi connectivity index (χ4v) is 4.00. The number of carbonyl (C=O) groups excluding carboxylic acids is 1. The monoisotopic (exact) mass is 620 g/mol. The van der Waals surface area contributed by atoms with Crippen molar-refractivity contribution in [1.82, 2.24) is 20.3 Å². The average molecular weight is 621 g/mol. The Morgan fingerprint density at radius 2 is 1.32 bits per heavy atom. The molecular weight excluding hydrogens is 584 g/mol. The lowest BCUT2D eigenvalue weighted by molar-refractivity contribution is 0.0511. The van der Waals surface area contributed by atoms with Gasteiger partial charge in [0.1, 0.15) is 5.75 Å². The molecule has 4 aromatic rings. The molecule has 0 fully saturated rings. The van der Waals surface area contributed by atoms with E-state index in [9.17, 15) is 4.79 Å². The molecular formula is C31H37ClN8O4. The Kier molecular flexibility index (Phi) is 13.0. The average Bonchev–Trinajstić information content (AvgIpc) is 3.05. The maximum atomic E-state index is 12.5. The molecule has 6 N–H and O–H groups in total. The molecule has 0 bridgehead atoms. The molecule has 44 heavy (non-hydrogen) atoms. The first kappa shape index (κ1) is 32.4. The van der Waals surface area contributed by atoms with Crippen molar-refractivity contribution in [3.63, 3.8) is 0 Å². The minimum absolute atomic E-state index is 0.196. The molecule has 4 rings (SSSR count). The predicted octanol–water partition coefficient (Wildman–Crippen LogP) is 4.22. The summed E-state index contributed by atoms with van der Waals surface area (Å²) in [6.45, 7) is 3.68. The summed E-state index contributed by atoms with van der Waals surface area (Å²) in [6.07, 6.45) is 0. The Balaban J connectivity index is 1.36. The van der Waals surface area contributed by atoms with Gasteiger partial charge in [-0.25, -0.2) is 0 Å². The van der Waals surface area contributed by atoms with Crippen LogP contribution in [0.15, 0.2) is 72.8 Å². The highest BCUT2D eigenvalue weighted by atomic mass is 35.5.